The highest BCUT2D eigenvalue weighted by Gasteiger charge is 2.34. The Hall–Kier alpha value is -3.17. The minimum absolute atomic E-state index is 0.295. The molecule has 1 aliphatic heterocycles. The molecule has 1 aromatic heterocycles. The number of ether oxygens (including phenoxy) is 1. The number of nitrogens with zero attached hydrogens (tertiary/aromatic N) is 3. The van der Waals surface area contributed by atoms with Crippen molar-refractivity contribution in [1.29, 1.82) is 0 Å². The lowest BCUT2D eigenvalue weighted by atomic mass is 9.95. The van der Waals surface area contributed by atoms with Crippen LogP contribution in [0.25, 0.3) is 17.0 Å². The quantitative estimate of drug-likeness (QED) is 0.571. The predicted octanol–water partition coefficient (Wildman–Crippen LogP) is 4.32. The number of allylic oxidation sites excluding steroid dienone is 1. The van der Waals surface area contributed by atoms with E-state index < -0.39 is 6.04 Å². The summed E-state index contributed by atoms with van der Waals surface area (Å²) in [6, 6.07) is 11.6. The predicted molar refractivity (Wildman–Crippen MR) is 116 cm³/mol. The van der Waals surface area contributed by atoms with Crippen LogP contribution in [0.15, 0.2) is 58.8 Å². The van der Waals surface area contributed by atoms with Crippen LogP contribution in [-0.4, -0.2) is 40.4 Å². The second kappa shape index (κ2) is 8.91. The van der Waals surface area contributed by atoms with Gasteiger partial charge in [-0.05, 0) is 61.1 Å². The van der Waals surface area contributed by atoms with Crippen molar-refractivity contribution in [2.24, 2.45) is 0 Å². The fourth-order valence-electron chi connectivity index (χ4n) is 3.46. The summed E-state index contributed by atoms with van der Waals surface area (Å²) >= 11 is 5.57. The average molecular weight is 442 g/mol. The Kier molecular flexibility index (Phi) is 6.06. The van der Waals surface area contributed by atoms with E-state index in [2.05, 4.69) is 15.5 Å². The third-order valence-electron chi connectivity index (χ3n) is 5.08. The van der Waals surface area contributed by atoms with Crippen LogP contribution in [-0.2, 0) is 4.74 Å². The zero-order chi connectivity index (χ0) is 22.0. The molecule has 1 aliphatic rings. The Morgan fingerprint density at radius 1 is 1.10 bits per heavy atom. The number of nitrogens with one attached hydrogen (secondary N) is 1. The Morgan fingerprint density at radius 2 is 1.74 bits per heavy atom. The van der Waals surface area contributed by atoms with E-state index in [1.165, 1.54) is 24.3 Å². The van der Waals surface area contributed by atoms with Crippen molar-refractivity contribution in [1.82, 2.24) is 20.4 Å². The molecule has 0 saturated carbocycles. The van der Waals surface area contributed by atoms with Gasteiger partial charge in [0.1, 0.15) is 11.6 Å². The molecule has 0 aliphatic carbocycles. The van der Waals surface area contributed by atoms with Crippen LogP contribution in [0.1, 0.15) is 24.4 Å². The van der Waals surface area contributed by atoms with Crippen molar-refractivity contribution in [2.45, 2.75) is 13.0 Å². The van der Waals surface area contributed by atoms with E-state index in [4.69, 9.17) is 21.5 Å². The minimum Gasteiger partial charge on any atom is -0.383 e. The van der Waals surface area contributed by atoms with Crippen LogP contribution in [0, 0.1) is 11.6 Å². The molecule has 31 heavy (non-hydrogen) atoms. The van der Waals surface area contributed by atoms with Gasteiger partial charge >= 0.3 is 0 Å². The van der Waals surface area contributed by atoms with E-state index in [0.717, 1.165) is 16.8 Å². The van der Waals surface area contributed by atoms with Crippen molar-refractivity contribution >= 4 is 22.9 Å². The van der Waals surface area contributed by atoms with Crippen molar-refractivity contribution in [3.63, 3.8) is 0 Å². The highest BCUT2D eigenvalue weighted by molar-refractivity contribution is 7.80. The molecule has 1 unspecified atom stereocenters. The maximum absolute atomic E-state index is 13.5. The summed E-state index contributed by atoms with van der Waals surface area (Å²) in [7, 11) is 1.62. The third-order valence-corrected chi connectivity index (χ3v) is 5.42. The molecule has 6 nitrogen and oxygen atoms in total. The lowest BCUT2D eigenvalue weighted by molar-refractivity contribution is 0.183. The zero-order valence-corrected chi connectivity index (χ0v) is 17.7. The molecule has 0 amide bonds. The summed E-state index contributed by atoms with van der Waals surface area (Å²) in [5.74, 6) is -0.0445. The van der Waals surface area contributed by atoms with E-state index in [9.17, 15) is 8.78 Å². The van der Waals surface area contributed by atoms with Crippen molar-refractivity contribution in [3.05, 3.63) is 77.3 Å². The zero-order valence-electron chi connectivity index (χ0n) is 16.9. The largest absolute Gasteiger partial charge is 0.383 e. The molecule has 0 spiro atoms. The van der Waals surface area contributed by atoms with Crippen molar-refractivity contribution in [2.75, 3.05) is 20.3 Å². The second-order valence-electron chi connectivity index (χ2n) is 7.01. The van der Waals surface area contributed by atoms with E-state index >= 15 is 0 Å². The monoisotopic (exact) mass is 442 g/mol. The summed E-state index contributed by atoms with van der Waals surface area (Å²) in [5.41, 5.74) is 2.97. The van der Waals surface area contributed by atoms with E-state index in [0.29, 0.717) is 35.5 Å². The SMILES string of the molecule is COCCN1C(=S)NC(c2ccc(F)cc2)C(c2nc(-c3ccc(F)cc3)no2)=C1C. The maximum Gasteiger partial charge on any atom is 0.258 e. The number of thiocarbonyl (C=S) groups is 1. The lowest BCUT2D eigenvalue weighted by Gasteiger charge is -2.37. The topological polar surface area (TPSA) is 63.4 Å². The Bertz CT molecular complexity index is 1110. The molecule has 2 aromatic carbocycles. The number of rotatable bonds is 6. The standard InChI is InChI=1S/C22H20F2N4O2S/c1-13-18(21-26-20(27-30-21)15-5-9-17(24)10-6-15)19(14-3-7-16(23)8-4-14)25-22(31)28(13)11-12-29-2/h3-10,19H,11-12H2,1-2H3,(H,25,31). The second-order valence-corrected chi connectivity index (χ2v) is 7.39. The number of aromatic nitrogens is 2. The fourth-order valence-corrected chi connectivity index (χ4v) is 3.81. The molecule has 0 radical (unpaired) electrons. The Labute approximate surface area is 183 Å². The van der Waals surface area contributed by atoms with Gasteiger partial charge in [0, 0.05) is 24.9 Å². The molecule has 0 fully saturated rings. The van der Waals surface area contributed by atoms with E-state index in [1.807, 2.05) is 11.8 Å². The summed E-state index contributed by atoms with van der Waals surface area (Å²) in [4.78, 5) is 6.44. The lowest BCUT2D eigenvalue weighted by Crippen LogP contribution is -2.47. The molecular weight excluding hydrogens is 422 g/mol. The molecule has 3 aromatic rings. The van der Waals surface area contributed by atoms with Gasteiger partial charge in [0.2, 0.25) is 5.82 Å². The van der Waals surface area contributed by atoms with Gasteiger partial charge in [-0.2, -0.15) is 4.98 Å². The molecule has 1 N–H and O–H groups in total. The molecule has 2 heterocycles. The third kappa shape index (κ3) is 4.33. The van der Waals surface area contributed by atoms with Gasteiger partial charge in [-0.15, -0.1) is 0 Å². The van der Waals surface area contributed by atoms with E-state index in [1.54, 1.807) is 31.4 Å². The number of hydrogen-bond acceptors (Lipinski definition) is 5. The highest BCUT2D eigenvalue weighted by atomic mass is 32.1. The van der Waals surface area contributed by atoms with Crippen LogP contribution < -0.4 is 5.32 Å². The summed E-state index contributed by atoms with van der Waals surface area (Å²) in [5, 5.41) is 7.88. The molecule has 4 rings (SSSR count). The van der Waals surface area contributed by atoms with Crippen LogP contribution in [0.4, 0.5) is 8.78 Å². The van der Waals surface area contributed by atoms with Crippen LogP contribution in [0.2, 0.25) is 0 Å². The van der Waals surface area contributed by atoms with Crippen LogP contribution >= 0.6 is 12.2 Å². The van der Waals surface area contributed by atoms with Gasteiger partial charge in [0.25, 0.3) is 5.89 Å². The Morgan fingerprint density at radius 3 is 2.39 bits per heavy atom. The Balaban J connectivity index is 1.78. The average Bonchev–Trinajstić information content (AvgIpc) is 3.24. The smallest absolute Gasteiger partial charge is 0.258 e. The fraction of sp³-hybridized carbons (Fsp3) is 0.227. The van der Waals surface area contributed by atoms with Gasteiger partial charge in [-0.3, -0.25) is 0 Å². The molecule has 0 saturated heterocycles. The molecule has 160 valence electrons. The highest BCUT2D eigenvalue weighted by Crippen LogP contribution is 2.37. The summed E-state index contributed by atoms with van der Waals surface area (Å²) < 4.78 is 37.6. The van der Waals surface area contributed by atoms with Gasteiger partial charge in [0.15, 0.2) is 5.11 Å². The van der Waals surface area contributed by atoms with Crippen LogP contribution in [0.5, 0.6) is 0 Å². The van der Waals surface area contributed by atoms with Gasteiger partial charge in [-0.1, -0.05) is 17.3 Å². The number of halogens is 2. The molecule has 9 heteroatoms. The van der Waals surface area contributed by atoms with Gasteiger partial charge in [-0.25, -0.2) is 8.78 Å². The van der Waals surface area contributed by atoms with Crippen LogP contribution in [0.3, 0.4) is 0 Å². The minimum atomic E-state index is -0.409. The first-order valence-corrected chi connectivity index (χ1v) is 10.0. The van der Waals surface area contributed by atoms with E-state index in [-0.39, 0.29) is 11.6 Å². The number of benzene rings is 2. The molecule has 1 atom stereocenters. The number of methoxy groups -OCH3 is 1. The van der Waals surface area contributed by atoms with Gasteiger partial charge in [0.05, 0.1) is 18.2 Å². The van der Waals surface area contributed by atoms with Crippen molar-refractivity contribution < 1.29 is 18.0 Å². The van der Waals surface area contributed by atoms with Crippen molar-refractivity contribution in [3.8, 4) is 11.4 Å². The van der Waals surface area contributed by atoms with Gasteiger partial charge < -0.3 is 19.5 Å². The summed E-state index contributed by atoms with van der Waals surface area (Å²) in [6.45, 7) is 2.92. The first kappa shape index (κ1) is 21.1. The molecule has 0 bridgehead atoms. The first-order chi connectivity index (χ1) is 15.0. The molecular formula is C22H20F2N4O2S. The maximum atomic E-state index is 13.5. The first-order valence-electron chi connectivity index (χ1n) is 9.61. The summed E-state index contributed by atoms with van der Waals surface area (Å²) in [6.07, 6.45) is 0. The normalized spacial score (nSPS) is 16.6. The number of hydrogen-bond donors (Lipinski definition) is 1.